The van der Waals surface area contributed by atoms with Gasteiger partial charge in [-0.3, -0.25) is 9.78 Å². The number of pyridine rings is 1. The molecule has 1 amide bonds. The lowest BCUT2D eigenvalue weighted by atomic mass is 10.1. The average molecular weight is 348 g/mol. The molecular weight excluding hydrogens is 330 g/mol. The van der Waals surface area contributed by atoms with Crippen LogP contribution in [0.4, 0.5) is 14.5 Å². The fraction of sp³-hybridized carbons (Fsp3) is 0.333. The predicted octanol–water partition coefficient (Wildman–Crippen LogP) is 3.51. The van der Waals surface area contributed by atoms with Crippen molar-refractivity contribution in [3.63, 3.8) is 0 Å². The van der Waals surface area contributed by atoms with Gasteiger partial charge in [0, 0.05) is 30.3 Å². The second kappa shape index (κ2) is 8.02. The molecule has 0 bridgehead atoms. The van der Waals surface area contributed by atoms with Crippen molar-refractivity contribution in [2.75, 3.05) is 18.1 Å². The highest BCUT2D eigenvalue weighted by Crippen LogP contribution is 2.23. The zero-order valence-corrected chi connectivity index (χ0v) is 13.5. The van der Waals surface area contributed by atoms with E-state index < -0.39 is 6.61 Å². The highest BCUT2D eigenvalue weighted by Gasteiger charge is 2.25. The maximum Gasteiger partial charge on any atom is 0.387 e. The quantitative estimate of drug-likeness (QED) is 0.802. The van der Waals surface area contributed by atoms with E-state index in [0.29, 0.717) is 18.8 Å². The lowest BCUT2D eigenvalue weighted by Crippen LogP contribution is -2.37. The molecule has 25 heavy (non-hydrogen) atoms. The largest absolute Gasteiger partial charge is 0.435 e. The van der Waals surface area contributed by atoms with E-state index in [1.807, 2.05) is 0 Å². The summed E-state index contributed by atoms with van der Waals surface area (Å²) in [6.07, 6.45) is 4.99. The van der Waals surface area contributed by atoms with Crippen molar-refractivity contribution in [1.29, 1.82) is 0 Å². The van der Waals surface area contributed by atoms with E-state index in [-0.39, 0.29) is 23.3 Å². The molecule has 1 aliphatic heterocycles. The van der Waals surface area contributed by atoms with Crippen molar-refractivity contribution in [1.82, 2.24) is 4.98 Å². The Morgan fingerprint density at radius 2 is 2.12 bits per heavy atom. The topological polar surface area (TPSA) is 51.7 Å². The molecule has 1 unspecified atom stereocenters. The summed E-state index contributed by atoms with van der Waals surface area (Å²) in [6.45, 7) is -1.86. The Bertz CT molecular complexity index is 706. The molecule has 3 rings (SSSR count). The van der Waals surface area contributed by atoms with Crippen LogP contribution < -0.4 is 9.64 Å². The molecule has 0 saturated carbocycles. The molecule has 0 N–H and O–H groups in total. The minimum Gasteiger partial charge on any atom is -0.435 e. The van der Waals surface area contributed by atoms with Crippen molar-refractivity contribution in [3.8, 4) is 5.75 Å². The van der Waals surface area contributed by atoms with Crippen molar-refractivity contribution in [3.05, 3.63) is 54.4 Å². The molecule has 1 aromatic heterocycles. The number of ether oxygens (including phenoxy) is 2. The number of carbonyl (C=O) groups is 1. The van der Waals surface area contributed by atoms with Gasteiger partial charge in [-0.05, 0) is 43.2 Å². The maximum atomic E-state index is 13.0. The molecule has 1 atom stereocenters. The van der Waals surface area contributed by atoms with Crippen LogP contribution in [-0.4, -0.2) is 36.8 Å². The van der Waals surface area contributed by atoms with Crippen LogP contribution in [0.15, 0.2) is 48.8 Å². The molecule has 0 radical (unpaired) electrons. The molecule has 1 aromatic carbocycles. The fourth-order valence-corrected chi connectivity index (χ4v) is 2.78. The summed E-state index contributed by atoms with van der Waals surface area (Å²) >= 11 is 0. The van der Waals surface area contributed by atoms with Gasteiger partial charge in [0.2, 0.25) is 0 Å². The number of rotatable bonds is 6. The van der Waals surface area contributed by atoms with E-state index in [2.05, 4.69) is 9.72 Å². The number of nitrogens with zero attached hydrogens (tertiary/aromatic N) is 2. The lowest BCUT2D eigenvalue weighted by Gasteiger charge is -2.25. The SMILES string of the molecule is O=C(c1cccc(OC(F)F)c1)N(CC1CCCO1)c1ccncc1. The number of anilines is 1. The van der Waals surface area contributed by atoms with E-state index >= 15 is 0 Å². The van der Waals surface area contributed by atoms with Gasteiger partial charge in [0.1, 0.15) is 5.75 Å². The molecule has 0 aliphatic carbocycles. The third kappa shape index (κ3) is 4.51. The van der Waals surface area contributed by atoms with Crippen LogP contribution in [0.2, 0.25) is 0 Å². The minimum absolute atomic E-state index is 0.0439. The third-order valence-electron chi connectivity index (χ3n) is 3.94. The van der Waals surface area contributed by atoms with Gasteiger partial charge < -0.3 is 14.4 Å². The number of hydrogen-bond donors (Lipinski definition) is 0. The Labute approximate surface area is 144 Å². The summed E-state index contributed by atoms with van der Waals surface area (Å²) in [7, 11) is 0. The first-order chi connectivity index (χ1) is 12.1. The van der Waals surface area contributed by atoms with Crippen LogP contribution >= 0.6 is 0 Å². The monoisotopic (exact) mass is 348 g/mol. The van der Waals surface area contributed by atoms with Gasteiger partial charge in [0.05, 0.1) is 12.6 Å². The van der Waals surface area contributed by atoms with E-state index in [1.165, 1.54) is 18.2 Å². The van der Waals surface area contributed by atoms with Crippen LogP contribution in [-0.2, 0) is 4.74 Å². The lowest BCUT2D eigenvalue weighted by molar-refractivity contribution is -0.0498. The number of carbonyl (C=O) groups excluding carboxylic acids is 1. The Morgan fingerprint density at radius 1 is 1.32 bits per heavy atom. The van der Waals surface area contributed by atoms with Crippen molar-refractivity contribution in [2.45, 2.75) is 25.6 Å². The molecule has 2 aromatic rings. The Morgan fingerprint density at radius 3 is 2.80 bits per heavy atom. The van der Waals surface area contributed by atoms with Crippen molar-refractivity contribution >= 4 is 11.6 Å². The summed E-state index contributed by atoms with van der Waals surface area (Å²) in [4.78, 5) is 18.5. The third-order valence-corrected chi connectivity index (χ3v) is 3.94. The van der Waals surface area contributed by atoms with Gasteiger partial charge in [-0.15, -0.1) is 0 Å². The van der Waals surface area contributed by atoms with Crippen LogP contribution in [0, 0.1) is 0 Å². The van der Waals surface area contributed by atoms with Gasteiger partial charge in [0.15, 0.2) is 0 Å². The zero-order chi connectivity index (χ0) is 17.6. The number of hydrogen-bond acceptors (Lipinski definition) is 4. The number of amides is 1. The Hall–Kier alpha value is -2.54. The molecule has 5 nitrogen and oxygen atoms in total. The first-order valence-corrected chi connectivity index (χ1v) is 8.02. The van der Waals surface area contributed by atoms with Crippen LogP contribution in [0.25, 0.3) is 0 Å². The predicted molar refractivity (Wildman–Crippen MR) is 88.0 cm³/mol. The summed E-state index contributed by atoms with van der Waals surface area (Å²) in [5.74, 6) is -0.353. The van der Waals surface area contributed by atoms with Gasteiger partial charge >= 0.3 is 6.61 Å². The second-order valence-corrected chi connectivity index (χ2v) is 5.66. The minimum atomic E-state index is -2.94. The molecule has 1 aliphatic rings. The molecule has 1 saturated heterocycles. The highest BCUT2D eigenvalue weighted by molar-refractivity contribution is 6.06. The zero-order valence-electron chi connectivity index (χ0n) is 13.5. The van der Waals surface area contributed by atoms with Gasteiger partial charge in [-0.2, -0.15) is 8.78 Å². The molecule has 0 spiro atoms. The molecule has 1 fully saturated rings. The summed E-state index contributed by atoms with van der Waals surface area (Å²) in [5.41, 5.74) is 0.948. The van der Waals surface area contributed by atoms with Crippen LogP contribution in [0.5, 0.6) is 5.75 Å². The Balaban J connectivity index is 1.85. The van der Waals surface area contributed by atoms with Gasteiger partial charge in [0.25, 0.3) is 5.91 Å². The number of halogens is 2. The van der Waals surface area contributed by atoms with E-state index in [1.54, 1.807) is 35.5 Å². The summed E-state index contributed by atoms with van der Waals surface area (Å²) in [6, 6.07) is 9.25. The first-order valence-electron chi connectivity index (χ1n) is 8.02. The highest BCUT2D eigenvalue weighted by atomic mass is 19.3. The molecule has 7 heteroatoms. The van der Waals surface area contributed by atoms with E-state index in [9.17, 15) is 13.6 Å². The van der Waals surface area contributed by atoms with Gasteiger partial charge in [-0.1, -0.05) is 6.07 Å². The second-order valence-electron chi connectivity index (χ2n) is 5.66. The van der Waals surface area contributed by atoms with Crippen molar-refractivity contribution < 1.29 is 23.0 Å². The van der Waals surface area contributed by atoms with E-state index in [0.717, 1.165) is 12.8 Å². The number of benzene rings is 1. The van der Waals surface area contributed by atoms with Crippen LogP contribution in [0.1, 0.15) is 23.2 Å². The molecule has 2 heterocycles. The standard InChI is InChI=1S/C18H18F2N2O3/c19-18(20)25-15-4-1-3-13(11-15)17(23)22(12-16-5-2-10-24-16)14-6-8-21-9-7-14/h1,3-4,6-9,11,16,18H,2,5,10,12H2. The summed E-state index contributed by atoms with van der Waals surface area (Å²) in [5, 5.41) is 0. The van der Waals surface area contributed by atoms with Crippen LogP contribution in [0.3, 0.4) is 0 Å². The molecule has 132 valence electrons. The summed E-state index contributed by atoms with van der Waals surface area (Å²) < 4.78 is 34.8. The number of aromatic nitrogens is 1. The smallest absolute Gasteiger partial charge is 0.387 e. The van der Waals surface area contributed by atoms with Crippen molar-refractivity contribution in [2.24, 2.45) is 0 Å². The van der Waals surface area contributed by atoms with E-state index in [4.69, 9.17) is 4.74 Å². The molecular formula is C18H18F2N2O3. The maximum absolute atomic E-state index is 13.0. The number of alkyl halides is 2. The van der Waals surface area contributed by atoms with Gasteiger partial charge in [-0.25, -0.2) is 0 Å². The Kier molecular flexibility index (Phi) is 5.55. The first kappa shape index (κ1) is 17.3. The normalized spacial score (nSPS) is 16.8. The fourth-order valence-electron chi connectivity index (χ4n) is 2.78. The average Bonchev–Trinajstić information content (AvgIpc) is 3.13.